The summed E-state index contributed by atoms with van der Waals surface area (Å²) in [4.78, 5) is 5.14. The molecule has 69 heavy (non-hydrogen) atoms. The van der Waals surface area contributed by atoms with Crippen LogP contribution in [0.25, 0.3) is 60.8 Å². The maximum absolute atomic E-state index is 2.61. The monoisotopic (exact) mass is 888 g/mol. The van der Waals surface area contributed by atoms with E-state index in [0.29, 0.717) is 0 Å². The van der Waals surface area contributed by atoms with E-state index in [-0.39, 0.29) is 11.0 Å². The van der Waals surface area contributed by atoms with Crippen molar-refractivity contribution in [2.24, 2.45) is 0 Å². The number of benzene rings is 10. The number of hydrogen-bond donors (Lipinski definition) is 0. The van der Waals surface area contributed by atoms with E-state index in [9.17, 15) is 0 Å². The summed E-state index contributed by atoms with van der Waals surface area (Å²) in [6.45, 7) is 9.45. The Morgan fingerprint density at radius 1 is 0.464 bits per heavy atom. The molecule has 1 atom stereocenters. The van der Waals surface area contributed by atoms with Crippen molar-refractivity contribution < 1.29 is 0 Å². The van der Waals surface area contributed by atoms with Crippen molar-refractivity contribution in [2.75, 3.05) is 9.80 Å². The van der Waals surface area contributed by atoms with Crippen molar-refractivity contribution in [1.29, 1.82) is 0 Å². The predicted molar refractivity (Wildman–Crippen MR) is 296 cm³/mol. The Morgan fingerprint density at radius 3 is 1.55 bits per heavy atom. The molecule has 0 N–H and O–H groups in total. The van der Waals surface area contributed by atoms with Crippen LogP contribution >= 0.6 is 0 Å². The molecule has 2 nitrogen and oxygen atoms in total. The Bertz CT molecular complexity index is 3670. The minimum atomic E-state index is -0.201. The minimum Gasteiger partial charge on any atom is -0.331 e. The van der Waals surface area contributed by atoms with Gasteiger partial charge in [-0.1, -0.05) is 197 Å². The van der Waals surface area contributed by atoms with Crippen molar-refractivity contribution in [1.82, 2.24) is 0 Å². The molecular formula is C67H56N2. The van der Waals surface area contributed by atoms with Gasteiger partial charge in [0.15, 0.2) is 0 Å². The molecule has 0 saturated heterocycles. The summed E-state index contributed by atoms with van der Waals surface area (Å²) in [5.74, 6) is 0. The van der Waals surface area contributed by atoms with Crippen molar-refractivity contribution in [2.45, 2.75) is 70.8 Å². The molecule has 10 aromatic rings. The molecule has 1 unspecified atom stereocenters. The van der Waals surface area contributed by atoms with Gasteiger partial charge in [0.2, 0.25) is 0 Å². The Hall–Kier alpha value is -7.68. The number of anilines is 5. The van der Waals surface area contributed by atoms with E-state index in [0.717, 1.165) is 32.1 Å². The number of hydrogen-bond acceptors (Lipinski definition) is 2. The Balaban J connectivity index is 0.859. The highest BCUT2D eigenvalue weighted by atomic mass is 15.2. The summed E-state index contributed by atoms with van der Waals surface area (Å²) < 4.78 is 0. The van der Waals surface area contributed by atoms with Gasteiger partial charge in [0.1, 0.15) is 0 Å². The highest BCUT2D eigenvalue weighted by Crippen LogP contribution is 2.50. The fraction of sp³-hybridized carbons (Fsp3) is 0.164. The molecule has 0 bridgehead atoms. The van der Waals surface area contributed by atoms with E-state index >= 15 is 0 Å². The normalized spacial score (nSPS) is 17.0. The number of aryl methyl sites for hydroxylation is 4. The van der Waals surface area contributed by atoms with Crippen molar-refractivity contribution in [3.8, 4) is 0 Å². The molecule has 1 aliphatic carbocycles. The lowest BCUT2D eigenvalue weighted by Gasteiger charge is -2.43. The summed E-state index contributed by atoms with van der Waals surface area (Å²) in [6, 6.07) is 66.3. The zero-order valence-electron chi connectivity index (χ0n) is 40.1. The summed E-state index contributed by atoms with van der Waals surface area (Å²) in [7, 11) is 0. The molecule has 0 amide bonds. The van der Waals surface area contributed by atoms with Crippen LogP contribution in [0, 0.1) is 0 Å². The van der Waals surface area contributed by atoms with E-state index in [2.05, 4.69) is 244 Å². The third-order valence-corrected chi connectivity index (χ3v) is 15.7. The first-order chi connectivity index (χ1) is 33.7. The number of fused-ring (bicyclic) bond motifs is 6. The fourth-order valence-electron chi connectivity index (χ4n) is 12.2. The quantitative estimate of drug-likeness (QED) is 0.0965. The van der Waals surface area contributed by atoms with Gasteiger partial charge in [-0.3, -0.25) is 0 Å². The van der Waals surface area contributed by atoms with Gasteiger partial charge in [0, 0.05) is 28.1 Å². The van der Waals surface area contributed by atoms with Gasteiger partial charge in [0.05, 0.1) is 11.2 Å². The molecule has 0 aromatic heterocycles. The molecule has 10 aromatic carbocycles. The largest absolute Gasteiger partial charge is 0.331 e. The van der Waals surface area contributed by atoms with Gasteiger partial charge in [0.25, 0.3) is 0 Å². The molecular weight excluding hydrogens is 833 g/mol. The molecule has 0 fully saturated rings. The molecule has 2 aliphatic heterocycles. The lowest BCUT2D eigenvalue weighted by molar-refractivity contribution is 0.569. The molecule has 2 heteroatoms. The van der Waals surface area contributed by atoms with Crippen LogP contribution in [0.2, 0.25) is 0 Å². The van der Waals surface area contributed by atoms with E-state index in [4.69, 9.17) is 0 Å². The highest BCUT2D eigenvalue weighted by molar-refractivity contribution is 6.35. The van der Waals surface area contributed by atoms with E-state index in [1.165, 1.54) is 122 Å². The molecule has 0 spiro atoms. The first kappa shape index (κ1) is 41.5. The highest BCUT2D eigenvalue weighted by Gasteiger charge is 2.36. The van der Waals surface area contributed by atoms with E-state index in [1.807, 2.05) is 0 Å². The molecule has 3 aliphatic rings. The average molecular weight is 889 g/mol. The van der Waals surface area contributed by atoms with Gasteiger partial charge in [-0.15, -0.1) is 0 Å². The van der Waals surface area contributed by atoms with Crippen LogP contribution < -0.4 is 9.80 Å². The summed E-state index contributed by atoms with van der Waals surface area (Å²) >= 11 is 0. The minimum absolute atomic E-state index is 0.0498. The smallest absolute Gasteiger partial charge is 0.0643 e. The van der Waals surface area contributed by atoms with Gasteiger partial charge in [-0.2, -0.15) is 0 Å². The van der Waals surface area contributed by atoms with Crippen LogP contribution in [0.3, 0.4) is 0 Å². The zero-order valence-corrected chi connectivity index (χ0v) is 40.1. The Labute approximate surface area is 406 Å². The molecule has 334 valence electrons. The summed E-state index contributed by atoms with van der Waals surface area (Å²) in [5.41, 5.74) is 18.2. The maximum Gasteiger partial charge on any atom is 0.0643 e. The third-order valence-electron chi connectivity index (χ3n) is 15.7. The third kappa shape index (κ3) is 6.75. The van der Waals surface area contributed by atoms with Crippen LogP contribution in [-0.2, 0) is 31.1 Å². The molecule has 0 radical (unpaired) electrons. The van der Waals surface area contributed by atoms with Crippen LogP contribution in [-0.4, -0.2) is 5.54 Å². The lowest BCUT2D eigenvalue weighted by atomic mass is 9.78. The van der Waals surface area contributed by atoms with Gasteiger partial charge >= 0.3 is 0 Å². The lowest BCUT2D eigenvalue weighted by Crippen LogP contribution is -2.42. The summed E-state index contributed by atoms with van der Waals surface area (Å²) in [6.07, 6.45) is 17.1. The number of rotatable bonds is 5. The fourth-order valence-corrected chi connectivity index (χ4v) is 12.2. The standard InChI is InChI=1S/C67H56N2/c1-66(2,3)58-43-44(28-35-51(58)46-39-41-67(4,42-40-46)69-61-25-11-7-17-49(61)32-33-50-18-8-12-26-62(50)69)27-29-45-34-36-55-54-21-14-22-57-63(38-37-56(65(54)57)53-20-13-19-52(45)64(53)55)68-59-23-9-5-15-47(59)30-31-48-16-6-10-24-60(48)68/h5-29,34-41,43H,30-33,42H2,1-4H3/b29-27+. The van der Waals surface area contributed by atoms with Crippen molar-refractivity contribution in [3.05, 3.63) is 239 Å². The predicted octanol–water partition coefficient (Wildman–Crippen LogP) is 17.8. The Morgan fingerprint density at radius 2 is 0.971 bits per heavy atom. The SMILES string of the molecule is CC(C)(C)c1cc(/C=C/c2ccc3c4cccc5c(N6c7ccccc7CCc7ccccc76)ccc(c6cccc2c36)c54)ccc1C1=CCC(C)(N2c3ccccc3CCc3ccccc32)C=C1. The van der Waals surface area contributed by atoms with E-state index < -0.39 is 0 Å². The molecule has 13 rings (SSSR count). The Kier molecular flexibility index (Phi) is 9.60. The van der Waals surface area contributed by atoms with Crippen LogP contribution in [0.4, 0.5) is 28.4 Å². The van der Waals surface area contributed by atoms with Crippen molar-refractivity contribution >= 4 is 89.3 Å². The van der Waals surface area contributed by atoms with Gasteiger partial charge < -0.3 is 9.80 Å². The second kappa shape index (κ2) is 16.0. The van der Waals surface area contributed by atoms with Gasteiger partial charge in [-0.25, -0.2) is 0 Å². The maximum atomic E-state index is 2.61. The average Bonchev–Trinajstić information content (AvgIpc) is 3.66. The second-order valence-electron chi connectivity index (χ2n) is 20.9. The first-order valence-corrected chi connectivity index (χ1v) is 25.0. The zero-order chi connectivity index (χ0) is 46.4. The van der Waals surface area contributed by atoms with Crippen LogP contribution in [0.5, 0.6) is 0 Å². The molecule has 2 heterocycles. The van der Waals surface area contributed by atoms with Crippen LogP contribution in [0.15, 0.2) is 194 Å². The van der Waals surface area contributed by atoms with Crippen molar-refractivity contribution in [3.63, 3.8) is 0 Å². The van der Waals surface area contributed by atoms with Crippen LogP contribution in [0.1, 0.15) is 78.6 Å². The second-order valence-corrected chi connectivity index (χ2v) is 20.9. The number of para-hydroxylation sites is 4. The first-order valence-electron chi connectivity index (χ1n) is 25.0. The number of allylic oxidation sites excluding steroid dienone is 2. The van der Waals surface area contributed by atoms with E-state index in [1.54, 1.807) is 0 Å². The summed E-state index contributed by atoms with van der Waals surface area (Å²) in [5, 5.41) is 10.4. The number of nitrogens with zero attached hydrogens (tertiary/aromatic N) is 2. The molecule has 0 saturated carbocycles. The van der Waals surface area contributed by atoms with Gasteiger partial charge in [-0.05, 0) is 163 Å². The topological polar surface area (TPSA) is 6.48 Å².